The highest BCUT2D eigenvalue weighted by molar-refractivity contribution is 9.10. The Morgan fingerprint density at radius 1 is 0.438 bits per heavy atom. The van der Waals surface area contributed by atoms with Crippen molar-refractivity contribution in [3.05, 3.63) is 177 Å². The summed E-state index contributed by atoms with van der Waals surface area (Å²) < 4.78 is 22.6. The first-order valence-corrected chi connectivity index (χ1v) is 23.3. The Balaban J connectivity index is 0.702. The number of halogens is 2. The van der Waals surface area contributed by atoms with Crippen molar-refractivity contribution in [1.29, 1.82) is 0 Å². The molecule has 0 radical (unpaired) electrons. The molecule has 0 aliphatic heterocycles. The van der Waals surface area contributed by atoms with Gasteiger partial charge in [-0.05, 0) is 99.7 Å². The number of nitrogens with zero attached hydrogens (tertiary/aromatic N) is 6. The smallest absolute Gasteiger partial charge is 0.236 e. The van der Waals surface area contributed by atoms with Crippen LogP contribution in [0.2, 0.25) is 0 Å². The van der Waals surface area contributed by atoms with E-state index in [9.17, 15) is 0 Å². The highest BCUT2D eigenvalue weighted by Gasteiger charge is 2.25. The van der Waals surface area contributed by atoms with Crippen LogP contribution in [0.25, 0.3) is 75.4 Å². The molecule has 0 aliphatic carbocycles. The molecule has 0 atom stereocenters. The minimum absolute atomic E-state index is 0.509. The van der Waals surface area contributed by atoms with Gasteiger partial charge < -0.3 is 9.47 Å². The Morgan fingerprint density at radius 2 is 0.812 bits per heavy atom. The second-order valence-electron chi connectivity index (χ2n) is 16.8. The van der Waals surface area contributed by atoms with Gasteiger partial charge in [0.15, 0.2) is 11.4 Å². The fraction of sp³-hybridized carbons (Fsp3) is 0.148. The lowest BCUT2D eigenvalue weighted by Gasteiger charge is -2.12. The first-order chi connectivity index (χ1) is 31.3. The molecular formula is C54H42Br2N6O2+2. The molecule has 0 aliphatic rings. The Hall–Kier alpha value is -6.62. The number of aromatic nitrogens is 6. The zero-order valence-electron chi connectivity index (χ0n) is 35.4. The van der Waals surface area contributed by atoms with E-state index in [0.29, 0.717) is 39.1 Å². The van der Waals surface area contributed by atoms with Gasteiger partial charge >= 0.3 is 0 Å². The molecule has 8 nitrogen and oxygen atoms in total. The molecule has 2 heterocycles. The summed E-state index contributed by atoms with van der Waals surface area (Å²) in [6.45, 7) is 2.33. The number of aryl methyl sites for hydroxylation is 2. The van der Waals surface area contributed by atoms with Crippen LogP contribution >= 0.6 is 31.9 Å². The predicted octanol–water partition coefficient (Wildman–Crippen LogP) is 11.5. The molecule has 0 spiro atoms. The number of hydrogen-bond acceptors (Lipinski definition) is 4. The minimum atomic E-state index is 0.509. The fourth-order valence-electron chi connectivity index (χ4n) is 9.91. The molecule has 10 heteroatoms. The zero-order valence-corrected chi connectivity index (χ0v) is 38.5. The average molecular weight is 967 g/mol. The molecule has 64 heavy (non-hydrogen) atoms. The van der Waals surface area contributed by atoms with Crippen molar-refractivity contribution >= 4 is 107 Å². The summed E-state index contributed by atoms with van der Waals surface area (Å²) in [5.41, 5.74) is 4.63. The quantitative estimate of drug-likeness (QED) is 0.0904. The van der Waals surface area contributed by atoms with Gasteiger partial charge in [-0.25, -0.2) is 0 Å². The Bertz CT molecular complexity index is 3490. The van der Waals surface area contributed by atoms with Crippen molar-refractivity contribution in [2.45, 2.75) is 25.9 Å². The van der Waals surface area contributed by atoms with Gasteiger partial charge in [0, 0.05) is 43.0 Å². The average Bonchev–Trinajstić information content (AvgIpc) is 3.74. The van der Waals surface area contributed by atoms with Gasteiger partial charge in [-0.15, -0.1) is 18.7 Å². The monoisotopic (exact) mass is 964 g/mol. The lowest BCUT2D eigenvalue weighted by molar-refractivity contribution is -0.757. The van der Waals surface area contributed by atoms with E-state index >= 15 is 0 Å². The topological polar surface area (TPSA) is 61.9 Å². The second kappa shape index (κ2) is 15.6. The van der Waals surface area contributed by atoms with Crippen molar-refractivity contribution in [3.63, 3.8) is 0 Å². The van der Waals surface area contributed by atoms with E-state index in [1.165, 1.54) is 75.8 Å². The fourth-order valence-corrected chi connectivity index (χ4v) is 11.2. The number of rotatable bonds is 12. The van der Waals surface area contributed by atoms with Crippen LogP contribution in [0.4, 0.5) is 0 Å². The summed E-state index contributed by atoms with van der Waals surface area (Å²) in [7, 11) is 4.00. The number of fused-ring (bicyclic) bond motifs is 1. The minimum Gasteiger partial charge on any atom is -0.493 e. The largest absolute Gasteiger partial charge is 0.493 e. The molecule has 0 bridgehead atoms. The highest BCUT2D eigenvalue weighted by Crippen LogP contribution is 2.38. The predicted molar refractivity (Wildman–Crippen MR) is 263 cm³/mol. The van der Waals surface area contributed by atoms with Crippen LogP contribution in [0.15, 0.2) is 155 Å². The maximum Gasteiger partial charge on any atom is 0.236 e. The standard InChI is InChI=1S/C54H42Br2N6O2/c1-59-47(53(55)61(57-59)31-40-15-13-38-11-9-34-5-3-7-36-19-23-45(40)51(38)49(34)36)25-27-63-43-21-17-33-18-22-44(30-42(33)29-43)64-28-26-48-54(56)62(58-60(48)2)32-41-16-14-39-12-10-35-6-4-8-37-20-24-46(41)52(39)50(35)37/h3-24,29-30H,25-28,31-32H2,1-2H3/q+2. The Labute approximate surface area is 385 Å². The maximum absolute atomic E-state index is 6.35. The van der Waals surface area contributed by atoms with Crippen molar-refractivity contribution < 1.29 is 18.8 Å². The molecule has 312 valence electrons. The summed E-state index contributed by atoms with van der Waals surface area (Å²) >= 11 is 7.79. The third kappa shape index (κ3) is 6.61. The van der Waals surface area contributed by atoms with Gasteiger partial charge in [0.05, 0.1) is 36.5 Å². The van der Waals surface area contributed by atoms with Crippen LogP contribution in [-0.2, 0) is 40.0 Å². The molecule has 2 aromatic heterocycles. The van der Waals surface area contributed by atoms with Crippen LogP contribution in [-0.4, -0.2) is 33.0 Å². The molecule has 12 aromatic rings. The van der Waals surface area contributed by atoms with Crippen LogP contribution < -0.4 is 18.8 Å². The lowest BCUT2D eigenvalue weighted by Crippen LogP contribution is -2.38. The Kier molecular flexibility index (Phi) is 9.49. The normalized spacial score (nSPS) is 12.1. The van der Waals surface area contributed by atoms with Gasteiger partial charge in [0.1, 0.15) is 38.7 Å². The second-order valence-corrected chi connectivity index (χ2v) is 18.3. The first kappa shape index (κ1) is 39.0. The summed E-state index contributed by atoms with van der Waals surface area (Å²) in [6.07, 6.45) is 1.39. The van der Waals surface area contributed by atoms with E-state index in [1.54, 1.807) is 0 Å². The van der Waals surface area contributed by atoms with E-state index in [2.05, 4.69) is 165 Å². The van der Waals surface area contributed by atoms with Gasteiger partial charge in [-0.3, -0.25) is 0 Å². The van der Waals surface area contributed by atoms with Crippen LogP contribution in [0, 0.1) is 0 Å². The lowest BCUT2D eigenvalue weighted by atomic mass is 9.92. The first-order valence-electron chi connectivity index (χ1n) is 21.7. The molecule has 0 saturated carbocycles. The van der Waals surface area contributed by atoms with E-state index in [0.717, 1.165) is 42.9 Å². The van der Waals surface area contributed by atoms with E-state index < -0.39 is 0 Å². The molecule has 0 fully saturated rings. The molecule has 0 saturated heterocycles. The molecule has 0 unspecified atom stereocenters. The van der Waals surface area contributed by atoms with E-state index in [-0.39, 0.29) is 0 Å². The van der Waals surface area contributed by atoms with Crippen molar-refractivity contribution in [2.75, 3.05) is 13.2 Å². The van der Waals surface area contributed by atoms with E-state index in [4.69, 9.17) is 19.9 Å². The summed E-state index contributed by atoms with van der Waals surface area (Å²) in [5.74, 6) is 1.63. The highest BCUT2D eigenvalue weighted by atomic mass is 79.9. The summed E-state index contributed by atoms with van der Waals surface area (Å²) in [4.78, 5) is 0. The summed E-state index contributed by atoms with van der Waals surface area (Å²) in [5, 5.41) is 27.4. The SMILES string of the molecule is Cn1n[n+](Cc2ccc3ccc4cccc5ccc2c3c45)c(Br)c1CCOc1ccc2ccc(OCCc3c(Br)[n+](Cc4ccc5ccc6cccc7ccc4c5c67)nn3C)cc2c1. The third-order valence-corrected chi connectivity index (χ3v) is 14.8. The van der Waals surface area contributed by atoms with Gasteiger partial charge in [-0.2, -0.15) is 0 Å². The molecule has 0 N–H and O–H groups in total. The molecule has 12 rings (SSSR count). The number of ether oxygens (including phenoxy) is 2. The molecular weight excluding hydrogens is 924 g/mol. The van der Waals surface area contributed by atoms with Crippen LogP contribution in [0.3, 0.4) is 0 Å². The Morgan fingerprint density at radius 3 is 1.25 bits per heavy atom. The van der Waals surface area contributed by atoms with Crippen LogP contribution in [0.5, 0.6) is 11.5 Å². The van der Waals surface area contributed by atoms with Crippen molar-refractivity contribution in [2.24, 2.45) is 14.1 Å². The zero-order chi connectivity index (χ0) is 43.1. The van der Waals surface area contributed by atoms with Crippen molar-refractivity contribution in [3.8, 4) is 11.5 Å². The number of hydrogen-bond donors (Lipinski definition) is 0. The summed E-state index contributed by atoms with van der Waals surface area (Å²) in [6, 6.07) is 52.4. The van der Waals surface area contributed by atoms with Gasteiger partial charge in [-0.1, -0.05) is 121 Å². The van der Waals surface area contributed by atoms with Crippen molar-refractivity contribution in [1.82, 2.24) is 19.8 Å². The van der Waals surface area contributed by atoms with Gasteiger partial charge in [0.2, 0.25) is 9.21 Å². The third-order valence-electron chi connectivity index (χ3n) is 13.1. The van der Waals surface area contributed by atoms with Gasteiger partial charge in [0.25, 0.3) is 0 Å². The van der Waals surface area contributed by atoms with E-state index in [1.807, 2.05) is 45.0 Å². The number of benzene rings is 10. The molecule has 10 aromatic carbocycles. The van der Waals surface area contributed by atoms with Crippen LogP contribution in [0.1, 0.15) is 22.5 Å². The maximum atomic E-state index is 6.35. The molecule has 0 amide bonds.